The van der Waals surface area contributed by atoms with Gasteiger partial charge < -0.3 is 4.74 Å². The van der Waals surface area contributed by atoms with Crippen molar-refractivity contribution in [2.45, 2.75) is 24.8 Å². The highest BCUT2D eigenvalue weighted by atomic mass is 32.2. The van der Waals surface area contributed by atoms with Crippen molar-refractivity contribution >= 4 is 15.7 Å². The molecular weight excluding hydrogens is 351 g/mol. The molecule has 0 spiro atoms. The Balaban J connectivity index is 2.30. The molecule has 2 aromatic carbocycles. The topological polar surface area (TPSA) is 98.5 Å². The van der Waals surface area contributed by atoms with Gasteiger partial charge in [0.05, 0.1) is 16.9 Å². The van der Waals surface area contributed by atoms with Crippen LogP contribution < -0.4 is 9.46 Å². The number of nitrogens with zero attached hydrogens (tertiary/aromatic N) is 1. The third-order valence-electron chi connectivity index (χ3n) is 3.70. The summed E-state index contributed by atoms with van der Waals surface area (Å²) in [6.07, 6.45) is 0. The summed E-state index contributed by atoms with van der Waals surface area (Å²) in [7, 11) is -2.69. The van der Waals surface area contributed by atoms with Crippen molar-refractivity contribution in [3.8, 4) is 5.75 Å². The number of hydrogen-bond acceptors (Lipinski definition) is 5. The van der Waals surface area contributed by atoms with Crippen molar-refractivity contribution in [2.75, 3.05) is 7.11 Å². The fourth-order valence-corrected chi connectivity index (χ4v) is 3.53. The van der Waals surface area contributed by atoms with Crippen LogP contribution in [0.25, 0.3) is 0 Å². The molecule has 25 heavy (non-hydrogen) atoms. The number of nitro groups is 1. The number of halogens is 1. The van der Waals surface area contributed by atoms with Gasteiger partial charge in [-0.1, -0.05) is 12.1 Å². The molecule has 0 aliphatic carbocycles. The second kappa shape index (κ2) is 7.16. The number of sulfonamides is 1. The molecule has 0 fully saturated rings. The van der Waals surface area contributed by atoms with Crippen molar-refractivity contribution in [1.82, 2.24) is 4.72 Å². The number of ether oxygens (including phenoxy) is 1. The largest absolute Gasteiger partial charge is 0.494 e. The van der Waals surface area contributed by atoms with Crippen LogP contribution in [0.15, 0.2) is 41.3 Å². The lowest BCUT2D eigenvalue weighted by molar-refractivity contribution is -0.385. The zero-order valence-electron chi connectivity index (χ0n) is 13.8. The molecule has 1 unspecified atom stereocenters. The van der Waals surface area contributed by atoms with Crippen molar-refractivity contribution < 1.29 is 22.5 Å². The summed E-state index contributed by atoms with van der Waals surface area (Å²) in [6, 6.07) is 7.00. The Hall–Kier alpha value is -2.52. The van der Waals surface area contributed by atoms with Gasteiger partial charge in [0, 0.05) is 17.7 Å². The summed E-state index contributed by atoms with van der Waals surface area (Å²) in [5, 5.41) is 11.0. The smallest absolute Gasteiger partial charge is 0.273 e. The number of methoxy groups -OCH3 is 1. The highest BCUT2D eigenvalue weighted by molar-refractivity contribution is 7.89. The highest BCUT2D eigenvalue weighted by Crippen LogP contribution is 2.25. The van der Waals surface area contributed by atoms with Crippen LogP contribution >= 0.6 is 0 Å². The summed E-state index contributed by atoms with van der Waals surface area (Å²) in [5.74, 6) is -0.565. The molecule has 1 atom stereocenters. The first-order chi connectivity index (χ1) is 11.7. The lowest BCUT2D eigenvalue weighted by Crippen LogP contribution is -2.27. The lowest BCUT2D eigenvalue weighted by atomic mass is 10.1. The van der Waals surface area contributed by atoms with E-state index < -0.39 is 26.8 Å². The number of aryl methyl sites for hydroxylation is 1. The average molecular weight is 368 g/mol. The van der Waals surface area contributed by atoms with E-state index in [0.29, 0.717) is 11.1 Å². The fourth-order valence-electron chi connectivity index (χ4n) is 2.27. The predicted molar refractivity (Wildman–Crippen MR) is 89.5 cm³/mol. The number of rotatable bonds is 6. The normalized spacial score (nSPS) is 12.6. The van der Waals surface area contributed by atoms with Gasteiger partial charge in [-0.05, 0) is 37.6 Å². The number of nitro benzene ring substituents is 1. The minimum Gasteiger partial charge on any atom is -0.494 e. The zero-order valence-corrected chi connectivity index (χ0v) is 14.6. The quantitative estimate of drug-likeness (QED) is 0.624. The van der Waals surface area contributed by atoms with E-state index in [9.17, 15) is 22.9 Å². The monoisotopic (exact) mass is 368 g/mol. The van der Waals surface area contributed by atoms with Gasteiger partial charge in [0.15, 0.2) is 11.6 Å². The predicted octanol–water partition coefficient (Wildman–Crippen LogP) is 3.09. The van der Waals surface area contributed by atoms with Crippen LogP contribution in [-0.4, -0.2) is 20.5 Å². The lowest BCUT2D eigenvalue weighted by Gasteiger charge is -2.15. The van der Waals surface area contributed by atoms with Gasteiger partial charge in [0.25, 0.3) is 5.69 Å². The molecule has 0 saturated carbocycles. The Kier molecular flexibility index (Phi) is 5.39. The summed E-state index contributed by atoms with van der Waals surface area (Å²) < 4.78 is 45.9. The standard InChI is InChI=1S/C16H17FN2O5S/c1-10-4-6-13(9-15(10)19(20)21)25(22,23)18-11(2)12-5-7-16(24-3)14(17)8-12/h4-9,11,18H,1-3H3. The van der Waals surface area contributed by atoms with Gasteiger partial charge in [0.1, 0.15) is 0 Å². The Morgan fingerprint density at radius 3 is 2.48 bits per heavy atom. The average Bonchev–Trinajstić information content (AvgIpc) is 2.54. The maximum absolute atomic E-state index is 13.8. The van der Waals surface area contributed by atoms with Gasteiger partial charge in [-0.15, -0.1) is 0 Å². The van der Waals surface area contributed by atoms with Crippen LogP contribution in [-0.2, 0) is 10.0 Å². The molecule has 2 aromatic rings. The molecule has 7 nitrogen and oxygen atoms in total. The third kappa shape index (κ3) is 4.12. The molecule has 0 aromatic heterocycles. The molecule has 2 rings (SSSR count). The Bertz CT molecular complexity index is 915. The Morgan fingerprint density at radius 1 is 1.24 bits per heavy atom. The van der Waals surface area contributed by atoms with Gasteiger partial charge in [-0.2, -0.15) is 0 Å². The van der Waals surface area contributed by atoms with Gasteiger partial charge in [-0.25, -0.2) is 17.5 Å². The molecule has 0 heterocycles. The maximum atomic E-state index is 13.8. The molecule has 1 N–H and O–H groups in total. The number of benzene rings is 2. The van der Waals surface area contributed by atoms with Crippen LogP contribution in [0.4, 0.5) is 10.1 Å². The Labute approximate surface area is 144 Å². The fraction of sp³-hybridized carbons (Fsp3) is 0.250. The van der Waals surface area contributed by atoms with E-state index in [1.54, 1.807) is 6.92 Å². The van der Waals surface area contributed by atoms with E-state index in [2.05, 4.69) is 4.72 Å². The molecule has 0 aliphatic heterocycles. The number of hydrogen-bond donors (Lipinski definition) is 1. The zero-order chi connectivity index (χ0) is 18.8. The van der Waals surface area contributed by atoms with Crippen molar-refractivity contribution in [3.63, 3.8) is 0 Å². The second-order valence-electron chi connectivity index (χ2n) is 5.44. The van der Waals surface area contributed by atoms with Crippen molar-refractivity contribution in [3.05, 3.63) is 63.5 Å². The third-order valence-corrected chi connectivity index (χ3v) is 5.23. The van der Waals surface area contributed by atoms with E-state index >= 15 is 0 Å². The van der Waals surface area contributed by atoms with Crippen molar-refractivity contribution in [2.24, 2.45) is 0 Å². The minimum absolute atomic E-state index is 0.0490. The summed E-state index contributed by atoms with van der Waals surface area (Å²) >= 11 is 0. The van der Waals surface area contributed by atoms with Crippen LogP contribution in [0.2, 0.25) is 0 Å². The molecular formula is C16H17FN2O5S. The maximum Gasteiger partial charge on any atom is 0.273 e. The molecule has 0 bridgehead atoms. The number of nitrogens with one attached hydrogen (secondary N) is 1. The summed E-state index contributed by atoms with van der Waals surface area (Å²) in [5.41, 5.74) is 0.462. The van der Waals surface area contributed by atoms with E-state index in [4.69, 9.17) is 4.74 Å². The van der Waals surface area contributed by atoms with Crippen LogP contribution in [0.5, 0.6) is 5.75 Å². The van der Waals surface area contributed by atoms with Gasteiger partial charge in [0.2, 0.25) is 10.0 Å². The second-order valence-corrected chi connectivity index (χ2v) is 7.16. The first kappa shape index (κ1) is 18.8. The molecule has 0 aliphatic rings. The highest BCUT2D eigenvalue weighted by Gasteiger charge is 2.22. The van der Waals surface area contributed by atoms with Gasteiger partial charge in [-0.3, -0.25) is 10.1 Å². The van der Waals surface area contributed by atoms with E-state index in [1.807, 2.05) is 0 Å². The molecule has 0 amide bonds. The summed E-state index contributed by atoms with van der Waals surface area (Å²) in [4.78, 5) is 10.1. The van der Waals surface area contributed by atoms with Crippen LogP contribution in [0.1, 0.15) is 24.1 Å². The molecule has 9 heteroatoms. The SMILES string of the molecule is COc1ccc(C(C)NS(=O)(=O)c2ccc(C)c([N+](=O)[O-])c2)cc1F. The van der Waals surface area contributed by atoms with Gasteiger partial charge >= 0.3 is 0 Å². The summed E-state index contributed by atoms with van der Waals surface area (Å²) in [6.45, 7) is 3.06. The molecule has 134 valence electrons. The van der Waals surface area contributed by atoms with Crippen LogP contribution in [0, 0.1) is 22.9 Å². The van der Waals surface area contributed by atoms with Crippen LogP contribution in [0.3, 0.4) is 0 Å². The van der Waals surface area contributed by atoms with E-state index in [-0.39, 0.29) is 16.3 Å². The molecule has 0 saturated heterocycles. The van der Waals surface area contributed by atoms with E-state index in [1.165, 1.54) is 44.4 Å². The van der Waals surface area contributed by atoms with E-state index in [0.717, 1.165) is 6.07 Å². The minimum atomic E-state index is -4.02. The van der Waals surface area contributed by atoms with Crippen molar-refractivity contribution in [1.29, 1.82) is 0 Å². The molecule has 0 radical (unpaired) electrons. The first-order valence-electron chi connectivity index (χ1n) is 7.26. The first-order valence-corrected chi connectivity index (χ1v) is 8.75. The Morgan fingerprint density at radius 2 is 1.92 bits per heavy atom.